The van der Waals surface area contributed by atoms with Crippen molar-refractivity contribution in [2.75, 3.05) is 20.3 Å². The number of hydrogen-bond acceptors (Lipinski definition) is 4. The number of carbonyl (C=O) groups excluding carboxylic acids is 2. The van der Waals surface area contributed by atoms with Crippen molar-refractivity contribution in [2.45, 2.75) is 64.1 Å². The third kappa shape index (κ3) is 4.44. The van der Waals surface area contributed by atoms with Gasteiger partial charge >= 0.3 is 0 Å². The van der Waals surface area contributed by atoms with Crippen molar-refractivity contribution in [1.82, 2.24) is 19.8 Å². The van der Waals surface area contributed by atoms with Gasteiger partial charge in [0.05, 0.1) is 25.2 Å². The first kappa shape index (κ1) is 18.9. The summed E-state index contributed by atoms with van der Waals surface area (Å²) in [7, 11) is 1.66. The number of methoxy groups -OCH3 is 1. The van der Waals surface area contributed by atoms with E-state index in [1.807, 2.05) is 9.47 Å². The molecule has 0 bridgehead atoms. The number of likely N-dealkylation sites (tertiary alicyclic amines) is 1. The highest BCUT2D eigenvalue weighted by Crippen LogP contribution is 2.28. The Morgan fingerprint density at radius 2 is 2.04 bits per heavy atom. The van der Waals surface area contributed by atoms with Crippen molar-refractivity contribution in [1.29, 1.82) is 0 Å². The molecule has 1 N–H and O–H groups in total. The zero-order chi connectivity index (χ0) is 18.4. The van der Waals surface area contributed by atoms with Crippen molar-refractivity contribution in [2.24, 2.45) is 5.92 Å². The maximum atomic E-state index is 12.8. The molecule has 0 unspecified atom stereocenters. The van der Waals surface area contributed by atoms with Gasteiger partial charge in [0.15, 0.2) is 0 Å². The van der Waals surface area contributed by atoms with Crippen molar-refractivity contribution in [3.05, 3.63) is 18.2 Å². The largest absolute Gasteiger partial charge is 0.383 e. The third-order valence-electron chi connectivity index (χ3n) is 5.57. The molecule has 0 aromatic carbocycles. The SMILES string of the molecule is COCCn1cncc1CNC(=O)[C@H]1CCCN1C(=O)C1CCCCC1. The Morgan fingerprint density at radius 3 is 2.81 bits per heavy atom. The highest BCUT2D eigenvalue weighted by molar-refractivity contribution is 5.89. The van der Waals surface area contributed by atoms with E-state index in [0.29, 0.717) is 26.2 Å². The van der Waals surface area contributed by atoms with Crippen LogP contribution in [0.1, 0.15) is 50.6 Å². The molecule has 1 saturated carbocycles. The van der Waals surface area contributed by atoms with Gasteiger partial charge < -0.3 is 19.5 Å². The summed E-state index contributed by atoms with van der Waals surface area (Å²) in [6, 6.07) is -0.320. The minimum absolute atomic E-state index is 0.0499. The first-order chi connectivity index (χ1) is 12.7. The van der Waals surface area contributed by atoms with Gasteiger partial charge in [-0.15, -0.1) is 0 Å². The van der Waals surface area contributed by atoms with E-state index in [1.54, 1.807) is 19.6 Å². The Morgan fingerprint density at radius 1 is 1.23 bits per heavy atom. The Labute approximate surface area is 155 Å². The van der Waals surface area contributed by atoms with Crippen molar-refractivity contribution in [3.63, 3.8) is 0 Å². The van der Waals surface area contributed by atoms with E-state index in [9.17, 15) is 9.59 Å². The average molecular weight is 362 g/mol. The lowest BCUT2D eigenvalue weighted by Crippen LogP contribution is -2.48. The summed E-state index contributed by atoms with van der Waals surface area (Å²) < 4.78 is 7.07. The fourth-order valence-electron chi connectivity index (χ4n) is 4.07. The fraction of sp³-hybridized carbons (Fsp3) is 0.737. The smallest absolute Gasteiger partial charge is 0.243 e. The topological polar surface area (TPSA) is 76.5 Å². The van der Waals surface area contributed by atoms with Gasteiger partial charge in [-0.25, -0.2) is 4.98 Å². The molecular formula is C19H30N4O3. The molecular weight excluding hydrogens is 332 g/mol. The summed E-state index contributed by atoms with van der Waals surface area (Å²) in [6.45, 7) is 2.44. The fourth-order valence-corrected chi connectivity index (χ4v) is 4.07. The minimum atomic E-state index is -0.320. The molecule has 7 heteroatoms. The number of nitrogens with zero attached hydrogens (tertiary/aromatic N) is 3. The van der Waals surface area contributed by atoms with Crippen molar-refractivity contribution in [3.8, 4) is 0 Å². The van der Waals surface area contributed by atoms with Gasteiger partial charge in [-0.3, -0.25) is 9.59 Å². The van der Waals surface area contributed by atoms with Crippen LogP contribution < -0.4 is 5.32 Å². The van der Waals surface area contributed by atoms with Crippen LogP contribution in [0.15, 0.2) is 12.5 Å². The first-order valence-corrected chi connectivity index (χ1v) is 9.77. The number of ether oxygens (including phenoxy) is 1. The van der Waals surface area contributed by atoms with Gasteiger partial charge in [0, 0.05) is 32.3 Å². The molecule has 1 saturated heterocycles. The number of imidazole rings is 1. The molecule has 0 spiro atoms. The molecule has 2 aliphatic rings. The number of aromatic nitrogens is 2. The monoisotopic (exact) mass is 362 g/mol. The number of amides is 2. The van der Waals surface area contributed by atoms with Crippen molar-refractivity contribution < 1.29 is 14.3 Å². The molecule has 1 atom stereocenters. The molecule has 2 amide bonds. The van der Waals surface area contributed by atoms with E-state index in [-0.39, 0.29) is 23.8 Å². The molecule has 2 heterocycles. The van der Waals surface area contributed by atoms with Crippen LogP contribution in [0, 0.1) is 5.92 Å². The molecule has 1 aromatic rings. The maximum absolute atomic E-state index is 12.8. The van der Waals surface area contributed by atoms with Crippen LogP contribution in [0.2, 0.25) is 0 Å². The highest BCUT2D eigenvalue weighted by Gasteiger charge is 2.37. The number of nitrogens with one attached hydrogen (secondary N) is 1. The molecule has 1 aliphatic carbocycles. The molecule has 0 radical (unpaired) electrons. The first-order valence-electron chi connectivity index (χ1n) is 9.77. The molecule has 2 fully saturated rings. The van der Waals surface area contributed by atoms with Crippen LogP contribution in [0.4, 0.5) is 0 Å². The number of carbonyl (C=O) groups is 2. The van der Waals surface area contributed by atoms with Gasteiger partial charge in [0.1, 0.15) is 6.04 Å². The maximum Gasteiger partial charge on any atom is 0.243 e. The van der Waals surface area contributed by atoms with Crippen LogP contribution in [-0.4, -0.2) is 52.6 Å². The average Bonchev–Trinajstić information content (AvgIpc) is 3.34. The number of rotatable bonds is 7. The molecule has 7 nitrogen and oxygen atoms in total. The summed E-state index contributed by atoms with van der Waals surface area (Å²) in [5, 5.41) is 3.00. The predicted octanol–water partition coefficient (Wildman–Crippen LogP) is 1.72. The summed E-state index contributed by atoms with van der Waals surface area (Å²) in [6.07, 6.45) is 10.6. The zero-order valence-electron chi connectivity index (χ0n) is 15.7. The Bertz CT molecular complexity index is 610. The minimum Gasteiger partial charge on any atom is -0.383 e. The van der Waals surface area contributed by atoms with Gasteiger partial charge in [-0.1, -0.05) is 19.3 Å². The second-order valence-electron chi connectivity index (χ2n) is 7.31. The third-order valence-corrected chi connectivity index (χ3v) is 5.57. The van der Waals surface area contributed by atoms with Crippen LogP contribution in [0.25, 0.3) is 0 Å². The molecule has 3 rings (SSSR count). The summed E-state index contributed by atoms with van der Waals surface area (Å²) >= 11 is 0. The second-order valence-corrected chi connectivity index (χ2v) is 7.31. The zero-order valence-corrected chi connectivity index (χ0v) is 15.7. The van der Waals surface area contributed by atoms with Crippen LogP contribution in [0.5, 0.6) is 0 Å². The molecule has 26 heavy (non-hydrogen) atoms. The van der Waals surface area contributed by atoms with Crippen LogP contribution >= 0.6 is 0 Å². The Kier molecular flexibility index (Phi) is 6.66. The Hall–Kier alpha value is -1.89. The van der Waals surface area contributed by atoms with Gasteiger partial charge in [-0.05, 0) is 25.7 Å². The predicted molar refractivity (Wildman–Crippen MR) is 97.3 cm³/mol. The van der Waals surface area contributed by atoms with E-state index in [2.05, 4.69) is 10.3 Å². The lowest BCUT2D eigenvalue weighted by Gasteiger charge is -2.30. The van der Waals surface area contributed by atoms with E-state index >= 15 is 0 Å². The normalized spacial score (nSPS) is 21.1. The number of hydrogen-bond donors (Lipinski definition) is 1. The van der Waals surface area contributed by atoms with E-state index in [1.165, 1.54) is 6.42 Å². The molecule has 144 valence electrons. The van der Waals surface area contributed by atoms with Crippen molar-refractivity contribution >= 4 is 11.8 Å². The molecule has 1 aliphatic heterocycles. The standard InChI is InChI=1S/C19H30N4O3/c1-26-11-10-22-14-20-12-16(22)13-21-18(24)17-8-5-9-23(17)19(25)15-6-3-2-4-7-15/h12,14-15,17H,2-11,13H2,1H3,(H,21,24)/t17-/m1/s1. The summed E-state index contributed by atoms with van der Waals surface area (Å²) in [5.41, 5.74) is 0.943. The lowest BCUT2D eigenvalue weighted by atomic mass is 9.88. The van der Waals surface area contributed by atoms with E-state index in [0.717, 1.165) is 44.2 Å². The summed E-state index contributed by atoms with van der Waals surface area (Å²) in [4.78, 5) is 31.5. The second kappa shape index (κ2) is 9.16. The van der Waals surface area contributed by atoms with E-state index < -0.39 is 0 Å². The van der Waals surface area contributed by atoms with Gasteiger partial charge in [0.2, 0.25) is 11.8 Å². The lowest BCUT2D eigenvalue weighted by molar-refractivity contribution is -0.142. The quantitative estimate of drug-likeness (QED) is 0.801. The van der Waals surface area contributed by atoms with E-state index in [4.69, 9.17) is 4.74 Å². The van der Waals surface area contributed by atoms with Crippen LogP contribution in [-0.2, 0) is 27.4 Å². The summed E-state index contributed by atoms with van der Waals surface area (Å²) in [5.74, 6) is 0.256. The van der Waals surface area contributed by atoms with Gasteiger partial charge in [-0.2, -0.15) is 0 Å². The van der Waals surface area contributed by atoms with Crippen LogP contribution in [0.3, 0.4) is 0 Å². The molecule has 1 aromatic heterocycles. The van der Waals surface area contributed by atoms with Gasteiger partial charge in [0.25, 0.3) is 0 Å². The highest BCUT2D eigenvalue weighted by atomic mass is 16.5. The Balaban J connectivity index is 1.55.